The average Bonchev–Trinajstić information content (AvgIpc) is 2.89. The van der Waals surface area contributed by atoms with E-state index in [2.05, 4.69) is 46.4 Å². The lowest BCUT2D eigenvalue weighted by atomic mass is 9.79. The molecule has 2 aliphatic rings. The summed E-state index contributed by atoms with van der Waals surface area (Å²) in [7, 11) is 0. The van der Waals surface area contributed by atoms with Crippen LogP contribution in [0.2, 0.25) is 0 Å². The number of H-pyrrole nitrogens is 1. The Labute approximate surface area is 120 Å². The monoisotopic (exact) mass is 269 g/mol. The number of nitrogens with one attached hydrogen (secondary N) is 2. The summed E-state index contributed by atoms with van der Waals surface area (Å²) in [5.74, 6) is 0. The highest BCUT2D eigenvalue weighted by molar-refractivity contribution is 5.85. The van der Waals surface area contributed by atoms with E-state index < -0.39 is 0 Å². The molecule has 1 fully saturated rings. The van der Waals surface area contributed by atoms with Crippen molar-refractivity contribution in [3.63, 3.8) is 0 Å². The number of rotatable bonds is 1. The van der Waals surface area contributed by atoms with E-state index in [1.807, 2.05) is 0 Å². The molecule has 0 amide bonds. The molecule has 0 radical (unpaired) electrons. The van der Waals surface area contributed by atoms with E-state index in [0.717, 1.165) is 13.0 Å². The van der Waals surface area contributed by atoms with Crippen LogP contribution in [-0.2, 0) is 12.0 Å². The van der Waals surface area contributed by atoms with Crippen LogP contribution in [0.5, 0.6) is 0 Å². The molecule has 0 bridgehead atoms. The van der Waals surface area contributed by atoms with Crippen LogP contribution in [0.4, 0.5) is 0 Å². The summed E-state index contributed by atoms with van der Waals surface area (Å²) in [6.45, 7) is 6.97. The molecule has 106 valence electrons. The molecule has 0 saturated carbocycles. The van der Waals surface area contributed by atoms with Crippen molar-refractivity contribution in [2.75, 3.05) is 26.2 Å². The minimum absolute atomic E-state index is 0.193. The molecule has 0 aliphatic carbocycles. The van der Waals surface area contributed by atoms with Crippen molar-refractivity contribution >= 4 is 10.9 Å². The Balaban J connectivity index is 1.78. The molecule has 1 spiro atoms. The van der Waals surface area contributed by atoms with Crippen molar-refractivity contribution in [3.05, 3.63) is 35.5 Å². The Hall–Kier alpha value is -1.32. The number of fused-ring (bicyclic) bond motifs is 4. The molecule has 1 aromatic carbocycles. The summed E-state index contributed by atoms with van der Waals surface area (Å²) in [6.07, 6.45) is 3.60. The van der Waals surface area contributed by atoms with E-state index in [-0.39, 0.29) is 5.54 Å². The number of para-hydroxylation sites is 1. The van der Waals surface area contributed by atoms with Crippen LogP contribution in [0.15, 0.2) is 24.3 Å². The van der Waals surface area contributed by atoms with Gasteiger partial charge in [-0.3, -0.25) is 0 Å². The normalized spacial score (nSPS) is 22.2. The number of hydrogen-bond acceptors (Lipinski definition) is 2. The second kappa shape index (κ2) is 4.61. The smallest absolute Gasteiger partial charge is 0.0614 e. The molecule has 1 aromatic heterocycles. The summed E-state index contributed by atoms with van der Waals surface area (Å²) in [5.41, 5.74) is 4.53. The van der Waals surface area contributed by atoms with Gasteiger partial charge in [0.15, 0.2) is 0 Å². The van der Waals surface area contributed by atoms with Gasteiger partial charge in [-0.25, -0.2) is 0 Å². The first-order valence-electron chi connectivity index (χ1n) is 7.90. The first-order chi connectivity index (χ1) is 9.82. The van der Waals surface area contributed by atoms with Gasteiger partial charge in [0.2, 0.25) is 0 Å². The standard InChI is InChI=1S/C17H23N3/c1-2-20-11-8-17(9-12-20)16-14(7-10-18-17)13-5-3-4-6-15(13)19-16/h3-6,18-19H,2,7-12H2,1H3. The maximum atomic E-state index is 3.84. The van der Waals surface area contributed by atoms with Crippen LogP contribution in [-0.4, -0.2) is 36.1 Å². The second-order valence-electron chi connectivity index (χ2n) is 6.22. The van der Waals surface area contributed by atoms with Crippen molar-refractivity contribution in [1.29, 1.82) is 0 Å². The SMILES string of the molecule is CCN1CCC2(CC1)NCCc1c2[nH]c2ccccc12. The lowest BCUT2D eigenvalue weighted by molar-refractivity contribution is 0.131. The van der Waals surface area contributed by atoms with Gasteiger partial charge in [0.25, 0.3) is 0 Å². The molecule has 2 aliphatic heterocycles. The fourth-order valence-electron chi connectivity index (χ4n) is 4.06. The Morgan fingerprint density at radius 3 is 2.80 bits per heavy atom. The van der Waals surface area contributed by atoms with Crippen molar-refractivity contribution < 1.29 is 0 Å². The second-order valence-corrected chi connectivity index (χ2v) is 6.22. The largest absolute Gasteiger partial charge is 0.357 e. The van der Waals surface area contributed by atoms with Crippen molar-refractivity contribution in [1.82, 2.24) is 15.2 Å². The van der Waals surface area contributed by atoms with Crippen molar-refractivity contribution in [2.45, 2.75) is 31.7 Å². The summed E-state index contributed by atoms with van der Waals surface area (Å²) in [6, 6.07) is 8.77. The van der Waals surface area contributed by atoms with E-state index in [0.29, 0.717) is 0 Å². The molecule has 20 heavy (non-hydrogen) atoms. The van der Waals surface area contributed by atoms with E-state index in [9.17, 15) is 0 Å². The predicted molar refractivity (Wildman–Crippen MR) is 83.0 cm³/mol. The minimum Gasteiger partial charge on any atom is -0.357 e. The number of aromatic amines is 1. The Morgan fingerprint density at radius 2 is 2.00 bits per heavy atom. The van der Waals surface area contributed by atoms with Gasteiger partial charge in [-0.2, -0.15) is 0 Å². The topological polar surface area (TPSA) is 31.1 Å². The van der Waals surface area contributed by atoms with Crippen LogP contribution in [0.25, 0.3) is 10.9 Å². The van der Waals surface area contributed by atoms with E-state index in [1.54, 1.807) is 5.56 Å². The maximum Gasteiger partial charge on any atom is 0.0614 e. The quantitative estimate of drug-likeness (QED) is 0.834. The van der Waals surface area contributed by atoms with Gasteiger partial charge in [0.1, 0.15) is 0 Å². The molecule has 2 aromatic rings. The third kappa shape index (κ3) is 1.73. The van der Waals surface area contributed by atoms with Gasteiger partial charge < -0.3 is 15.2 Å². The maximum absolute atomic E-state index is 3.84. The van der Waals surface area contributed by atoms with Gasteiger partial charge >= 0.3 is 0 Å². The summed E-state index contributed by atoms with van der Waals surface area (Å²) in [5, 5.41) is 5.27. The van der Waals surface area contributed by atoms with Crippen LogP contribution >= 0.6 is 0 Å². The number of piperidine rings is 1. The number of aromatic nitrogens is 1. The molecule has 1 saturated heterocycles. The number of hydrogen-bond donors (Lipinski definition) is 2. The molecular formula is C17H23N3. The lowest BCUT2D eigenvalue weighted by Crippen LogP contribution is -2.54. The fourth-order valence-corrected chi connectivity index (χ4v) is 4.06. The zero-order valence-electron chi connectivity index (χ0n) is 12.2. The van der Waals surface area contributed by atoms with Crippen LogP contribution in [0.3, 0.4) is 0 Å². The highest BCUT2D eigenvalue weighted by Crippen LogP contribution is 2.39. The zero-order chi connectivity index (χ0) is 13.6. The highest BCUT2D eigenvalue weighted by atomic mass is 15.2. The number of nitrogens with zero attached hydrogens (tertiary/aromatic N) is 1. The first kappa shape index (κ1) is 12.4. The van der Waals surface area contributed by atoms with E-state index >= 15 is 0 Å². The molecule has 0 unspecified atom stereocenters. The Bertz CT molecular complexity index is 620. The molecule has 4 rings (SSSR count). The molecule has 3 heteroatoms. The summed E-state index contributed by atoms with van der Waals surface area (Å²) in [4.78, 5) is 6.29. The molecule has 2 N–H and O–H groups in total. The van der Waals surface area contributed by atoms with Gasteiger partial charge in [-0.1, -0.05) is 25.1 Å². The number of benzene rings is 1. The third-order valence-corrected chi connectivity index (χ3v) is 5.29. The summed E-state index contributed by atoms with van der Waals surface area (Å²) >= 11 is 0. The van der Waals surface area contributed by atoms with Gasteiger partial charge in [-0.05, 0) is 37.4 Å². The third-order valence-electron chi connectivity index (χ3n) is 5.29. The lowest BCUT2D eigenvalue weighted by Gasteiger charge is -2.44. The Morgan fingerprint density at radius 1 is 1.20 bits per heavy atom. The Kier molecular flexibility index (Phi) is 2.86. The first-order valence-corrected chi connectivity index (χ1v) is 7.90. The predicted octanol–water partition coefficient (Wildman–Crippen LogP) is 2.62. The van der Waals surface area contributed by atoms with Crippen LogP contribution < -0.4 is 5.32 Å². The average molecular weight is 269 g/mol. The molecule has 3 nitrogen and oxygen atoms in total. The van der Waals surface area contributed by atoms with E-state index in [1.165, 1.54) is 49.1 Å². The minimum atomic E-state index is 0.193. The van der Waals surface area contributed by atoms with Crippen molar-refractivity contribution in [2.24, 2.45) is 0 Å². The molecule has 3 heterocycles. The van der Waals surface area contributed by atoms with E-state index in [4.69, 9.17) is 0 Å². The van der Waals surface area contributed by atoms with Gasteiger partial charge in [0.05, 0.1) is 5.54 Å². The zero-order valence-corrected chi connectivity index (χ0v) is 12.2. The van der Waals surface area contributed by atoms with Gasteiger partial charge in [-0.15, -0.1) is 0 Å². The molecule has 0 atom stereocenters. The van der Waals surface area contributed by atoms with Crippen molar-refractivity contribution in [3.8, 4) is 0 Å². The van der Waals surface area contributed by atoms with Crippen LogP contribution in [0.1, 0.15) is 31.0 Å². The fraction of sp³-hybridized carbons (Fsp3) is 0.529. The molecular weight excluding hydrogens is 246 g/mol. The van der Waals surface area contributed by atoms with Gasteiger partial charge in [0, 0.05) is 36.2 Å². The highest BCUT2D eigenvalue weighted by Gasteiger charge is 2.40. The number of likely N-dealkylation sites (tertiary alicyclic amines) is 1. The summed E-state index contributed by atoms with van der Waals surface area (Å²) < 4.78 is 0. The van der Waals surface area contributed by atoms with Crippen LogP contribution in [0, 0.1) is 0 Å².